The highest BCUT2D eigenvalue weighted by molar-refractivity contribution is 5.77. The number of anilines is 2. The highest BCUT2D eigenvalue weighted by atomic mass is 16.6. The number of carbonyl (C=O) groups excluding carboxylic acids is 1. The first kappa shape index (κ1) is 22.1. The Morgan fingerprint density at radius 3 is 2.15 bits per heavy atom. The molecule has 0 N–H and O–H groups in total. The summed E-state index contributed by atoms with van der Waals surface area (Å²) in [7, 11) is 0. The Morgan fingerprint density at radius 1 is 0.941 bits per heavy atom. The normalized spacial score (nSPS) is 32.8. The third kappa shape index (κ3) is 4.14. The predicted octanol–water partition coefficient (Wildman–Crippen LogP) is 3.69. The van der Waals surface area contributed by atoms with Crippen LogP contribution in [0, 0.1) is 33.3 Å². The van der Waals surface area contributed by atoms with E-state index in [-0.39, 0.29) is 16.0 Å². The summed E-state index contributed by atoms with van der Waals surface area (Å²) in [4.78, 5) is 31.0. The Labute approximate surface area is 201 Å². The Kier molecular flexibility index (Phi) is 5.66. The first-order valence-electron chi connectivity index (χ1n) is 13.1. The van der Waals surface area contributed by atoms with Crippen molar-refractivity contribution in [2.75, 3.05) is 62.3 Å². The average Bonchev–Trinajstić information content (AvgIpc) is 2.83. The van der Waals surface area contributed by atoms with Gasteiger partial charge < -0.3 is 19.4 Å². The van der Waals surface area contributed by atoms with Gasteiger partial charge in [0.05, 0.1) is 18.1 Å². The van der Waals surface area contributed by atoms with Crippen LogP contribution in [0.5, 0.6) is 0 Å². The van der Waals surface area contributed by atoms with Crippen molar-refractivity contribution in [2.24, 2.45) is 23.2 Å². The van der Waals surface area contributed by atoms with Crippen LogP contribution in [0.3, 0.4) is 0 Å². The highest BCUT2D eigenvalue weighted by Gasteiger charge is 2.51. The van der Waals surface area contributed by atoms with Crippen molar-refractivity contribution < 1.29 is 14.5 Å². The van der Waals surface area contributed by atoms with E-state index in [2.05, 4.69) is 14.7 Å². The molecular weight excluding hydrogens is 432 g/mol. The number of piperazine rings is 1. The van der Waals surface area contributed by atoms with Crippen molar-refractivity contribution in [1.29, 1.82) is 0 Å². The largest absolute Gasteiger partial charge is 0.378 e. The van der Waals surface area contributed by atoms with Gasteiger partial charge in [-0.25, -0.2) is 0 Å². The van der Waals surface area contributed by atoms with E-state index in [1.54, 1.807) is 6.07 Å². The molecule has 0 aromatic heterocycles. The molecule has 1 aromatic carbocycles. The number of nitro benzene ring substituents is 1. The molecule has 1 amide bonds. The lowest BCUT2D eigenvalue weighted by Gasteiger charge is -2.57. The van der Waals surface area contributed by atoms with Crippen molar-refractivity contribution in [3.8, 4) is 0 Å². The lowest BCUT2D eigenvalue weighted by atomic mass is 9.49. The number of morpholine rings is 1. The van der Waals surface area contributed by atoms with Gasteiger partial charge in [0, 0.05) is 57.4 Å². The van der Waals surface area contributed by atoms with Crippen molar-refractivity contribution in [2.45, 2.75) is 44.9 Å². The molecule has 2 aliphatic heterocycles. The summed E-state index contributed by atoms with van der Waals surface area (Å²) in [5, 5.41) is 11.6. The molecule has 0 atom stereocenters. The molecule has 0 spiro atoms. The number of ether oxygens (including phenoxy) is 1. The van der Waals surface area contributed by atoms with Crippen LogP contribution in [0.4, 0.5) is 17.1 Å². The van der Waals surface area contributed by atoms with Gasteiger partial charge in [-0.1, -0.05) is 0 Å². The number of amides is 1. The van der Waals surface area contributed by atoms with Crippen molar-refractivity contribution in [1.82, 2.24) is 4.90 Å². The second kappa shape index (κ2) is 8.70. The van der Waals surface area contributed by atoms with Crippen LogP contribution in [0.1, 0.15) is 44.9 Å². The summed E-state index contributed by atoms with van der Waals surface area (Å²) in [5.74, 6) is 2.97. The summed E-state index contributed by atoms with van der Waals surface area (Å²) in [6, 6.07) is 5.44. The molecule has 8 heteroatoms. The molecule has 2 saturated heterocycles. The van der Waals surface area contributed by atoms with Crippen LogP contribution in [0.25, 0.3) is 0 Å². The number of rotatable bonds is 5. The number of hydrogen-bond acceptors (Lipinski definition) is 6. The highest BCUT2D eigenvalue weighted by Crippen LogP contribution is 2.61. The molecule has 6 aliphatic rings. The molecule has 4 aliphatic carbocycles. The summed E-state index contributed by atoms with van der Waals surface area (Å²) >= 11 is 0. The van der Waals surface area contributed by atoms with Crippen LogP contribution < -0.4 is 9.80 Å². The number of benzene rings is 1. The van der Waals surface area contributed by atoms with Gasteiger partial charge in [-0.05, 0) is 73.8 Å². The van der Waals surface area contributed by atoms with E-state index < -0.39 is 0 Å². The molecule has 2 heterocycles. The average molecular weight is 469 g/mol. The summed E-state index contributed by atoms with van der Waals surface area (Å²) in [5.41, 5.74) is 2.11. The first-order valence-corrected chi connectivity index (χ1v) is 13.1. The Balaban J connectivity index is 1.10. The standard InChI is InChI=1S/C26H36N4O4/c31-25(18-26-15-19-11-20(16-26)13-21(12-19)17-26)29-5-3-27(4-6-29)22-1-2-23(30(32)33)24(14-22)28-7-9-34-10-8-28/h1-2,14,19-21H,3-13,15-18H2. The van der Waals surface area contributed by atoms with Gasteiger partial charge in [0.1, 0.15) is 5.69 Å². The van der Waals surface area contributed by atoms with E-state index in [0.29, 0.717) is 37.9 Å². The van der Waals surface area contributed by atoms with Crippen LogP contribution in [-0.2, 0) is 9.53 Å². The maximum Gasteiger partial charge on any atom is 0.292 e. The van der Waals surface area contributed by atoms with Crippen LogP contribution >= 0.6 is 0 Å². The zero-order valence-electron chi connectivity index (χ0n) is 20.0. The molecule has 4 bridgehead atoms. The van der Waals surface area contributed by atoms with E-state index in [1.165, 1.54) is 38.5 Å². The van der Waals surface area contributed by atoms with Gasteiger partial charge in [0.2, 0.25) is 5.91 Å². The molecular formula is C26H36N4O4. The SMILES string of the molecule is O=C(CC12CC3CC(CC(C3)C1)C2)N1CCN(c2ccc([N+](=O)[O-])c(N3CCOCC3)c2)CC1. The topological polar surface area (TPSA) is 79.2 Å². The lowest BCUT2D eigenvalue weighted by molar-refractivity contribution is -0.384. The van der Waals surface area contributed by atoms with E-state index in [1.807, 2.05) is 12.1 Å². The Morgan fingerprint density at radius 2 is 1.56 bits per heavy atom. The van der Waals surface area contributed by atoms with Crippen LogP contribution in [0.15, 0.2) is 18.2 Å². The maximum absolute atomic E-state index is 13.3. The van der Waals surface area contributed by atoms with Crippen LogP contribution in [0.2, 0.25) is 0 Å². The molecule has 34 heavy (non-hydrogen) atoms. The summed E-state index contributed by atoms with van der Waals surface area (Å²) < 4.78 is 5.43. The van der Waals surface area contributed by atoms with E-state index >= 15 is 0 Å². The molecule has 4 saturated carbocycles. The smallest absolute Gasteiger partial charge is 0.292 e. The third-order valence-electron chi connectivity index (χ3n) is 9.20. The summed E-state index contributed by atoms with van der Waals surface area (Å²) in [6.45, 7) is 5.51. The Bertz CT molecular complexity index is 917. The van der Waals surface area contributed by atoms with Gasteiger partial charge in [0.25, 0.3) is 5.69 Å². The van der Waals surface area contributed by atoms with E-state index in [9.17, 15) is 14.9 Å². The fourth-order valence-corrected chi connectivity index (χ4v) is 8.07. The quantitative estimate of drug-likeness (QED) is 0.485. The van der Waals surface area contributed by atoms with Gasteiger partial charge in [-0.15, -0.1) is 0 Å². The van der Waals surface area contributed by atoms with Crippen molar-refractivity contribution in [3.05, 3.63) is 28.3 Å². The minimum atomic E-state index is -0.296. The van der Waals surface area contributed by atoms with E-state index in [4.69, 9.17) is 4.74 Å². The monoisotopic (exact) mass is 468 g/mol. The zero-order chi connectivity index (χ0) is 23.3. The van der Waals surface area contributed by atoms with Gasteiger partial charge in [-0.2, -0.15) is 0 Å². The number of carbonyl (C=O) groups is 1. The molecule has 0 unspecified atom stereocenters. The minimum absolute atomic E-state index is 0.148. The number of nitrogens with zero attached hydrogens (tertiary/aromatic N) is 4. The fraction of sp³-hybridized carbons (Fsp3) is 0.731. The molecule has 1 aromatic rings. The lowest BCUT2D eigenvalue weighted by Crippen LogP contribution is -2.52. The van der Waals surface area contributed by atoms with Gasteiger partial charge >= 0.3 is 0 Å². The minimum Gasteiger partial charge on any atom is -0.378 e. The molecule has 8 nitrogen and oxygen atoms in total. The first-order chi connectivity index (χ1) is 16.5. The second-order valence-corrected chi connectivity index (χ2v) is 11.5. The van der Waals surface area contributed by atoms with Gasteiger partial charge in [-0.3, -0.25) is 14.9 Å². The molecule has 6 fully saturated rings. The van der Waals surface area contributed by atoms with E-state index in [0.717, 1.165) is 56.0 Å². The Hall–Kier alpha value is -2.35. The third-order valence-corrected chi connectivity index (χ3v) is 9.20. The molecule has 184 valence electrons. The number of hydrogen-bond donors (Lipinski definition) is 0. The van der Waals surface area contributed by atoms with Crippen LogP contribution in [-0.4, -0.2) is 68.2 Å². The van der Waals surface area contributed by atoms with Gasteiger partial charge in [0.15, 0.2) is 0 Å². The predicted molar refractivity (Wildman–Crippen MR) is 130 cm³/mol. The fourth-order valence-electron chi connectivity index (χ4n) is 8.07. The second-order valence-electron chi connectivity index (χ2n) is 11.5. The molecule has 0 radical (unpaired) electrons. The molecule has 7 rings (SSSR count). The van der Waals surface area contributed by atoms with Crippen molar-refractivity contribution in [3.63, 3.8) is 0 Å². The number of nitro groups is 1. The summed E-state index contributed by atoms with van der Waals surface area (Å²) in [6.07, 6.45) is 8.80. The van der Waals surface area contributed by atoms with Crippen molar-refractivity contribution >= 4 is 23.0 Å². The maximum atomic E-state index is 13.3. The zero-order valence-corrected chi connectivity index (χ0v) is 20.0.